The molecule has 4 nitrogen and oxygen atoms in total. The van der Waals surface area contributed by atoms with Gasteiger partial charge in [-0.2, -0.15) is 0 Å². The first kappa shape index (κ1) is 15.2. The van der Waals surface area contributed by atoms with E-state index in [1.807, 2.05) is 0 Å². The van der Waals surface area contributed by atoms with E-state index in [-0.39, 0.29) is 5.41 Å². The molecule has 1 aliphatic carbocycles. The van der Waals surface area contributed by atoms with Gasteiger partial charge in [0.25, 0.3) is 0 Å². The lowest BCUT2D eigenvalue weighted by Crippen LogP contribution is -2.66. The molecule has 2 atom stereocenters. The summed E-state index contributed by atoms with van der Waals surface area (Å²) >= 11 is 0. The maximum absolute atomic E-state index is 6.02. The van der Waals surface area contributed by atoms with Crippen molar-refractivity contribution >= 4 is 0 Å². The first-order valence-corrected chi connectivity index (χ1v) is 7.71. The first-order valence-electron chi connectivity index (χ1n) is 7.71. The lowest BCUT2D eigenvalue weighted by Gasteiger charge is -2.53. The number of ether oxygens (including phenoxy) is 1. The third-order valence-corrected chi connectivity index (χ3v) is 4.65. The molecule has 2 fully saturated rings. The van der Waals surface area contributed by atoms with Gasteiger partial charge in [-0.3, -0.25) is 5.43 Å². The van der Waals surface area contributed by atoms with Crippen molar-refractivity contribution in [1.82, 2.24) is 15.3 Å². The second-order valence-electron chi connectivity index (χ2n) is 7.24. The van der Waals surface area contributed by atoms with Gasteiger partial charge in [-0.15, -0.1) is 0 Å². The molecule has 1 saturated carbocycles. The Morgan fingerprint density at radius 1 is 1.21 bits per heavy atom. The predicted molar refractivity (Wildman–Crippen MR) is 79.0 cm³/mol. The van der Waals surface area contributed by atoms with Gasteiger partial charge in [0.2, 0.25) is 0 Å². The molecule has 2 rings (SSSR count). The average molecular weight is 269 g/mol. The summed E-state index contributed by atoms with van der Waals surface area (Å²) < 4.78 is 6.02. The highest BCUT2D eigenvalue weighted by Gasteiger charge is 2.49. The highest BCUT2D eigenvalue weighted by atomic mass is 16.5. The maximum atomic E-state index is 6.02. The molecule has 0 amide bonds. The molecule has 1 heterocycles. The van der Waals surface area contributed by atoms with Gasteiger partial charge in [0.1, 0.15) is 0 Å². The predicted octanol–water partition coefficient (Wildman–Crippen LogP) is 1.58. The SMILES string of the molecule is CC(C)COC1CC(NN2CCN(C)CC2)C1(C)C. The summed E-state index contributed by atoms with van der Waals surface area (Å²) in [5.41, 5.74) is 3.96. The third kappa shape index (κ3) is 3.69. The number of likely N-dealkylation sites (N-methyl/N-ethyl adjacent to an activating group) is 1. The number of hydrogen-bond acceptors (Lipinski definition) is 4. The average Bonchev–Trinajstić information content (AvgIpc) is 2.34. The van der Waals surface area contributed by atoms with Crippen LogP contribution in [0.15, 0.2) is 0 Å². The number of nitrogens with one attached hydrogen (secondary N) is 1. The molecule has 112 valence electrons. The van der Waals surface area contributed by atoms with Crippen LogP contribution in [0.1, 0.15) is 34.1 Å². The second kappa shape index (κ2) is 6.08. The summed E-state index contributed by atoms with van der Waals surface area (Å²) in [7, 11) is 2.19. The molecule has 19 heavy (non-hydrogen) atoms. The monoisotopic (exact) mass is 269 g/mol. The minimum atomic E-state index is 0.248. The summed E-state index contributed by atoms with van der Waals surface area (Å²) in [5.74, 6) is 0.625. The highest BCUT2D eigenvalue weighted by Crippen LogP contribution is 2.43. The summed E-state index contributed by atoms with van der Waals surface area (Å²) in [6, 6.07) is 0.563. The molecule has 0 bridgehead atoms. The van der Waals surface area contributed by atoms with Crippen LogP contribution in [0.25, 0.3) is 0 Å². The van der Waals surface area contributed by atoms with Crippen molar-refractivity contribution in [1.29, 1.82) is 0 Å². The van der Waals surface area contributed by atoms with Crippen molar-refractivity contribution in [3.63, 3.8) is 0 Å². The van der Waals surface area contributed by atoms with Crippen LogP contribution in [0.2, 0.25) is 0 Å². The second-order valence-corrected chi connectivity index (χ2v) is 7.24. The van der Waals surface area contributed by atoms with Crippen LogP contribution in [0.3, 0.4) is 0 Å². The van der Waals surface area contributed by atoms with Crippen LogP contribution < -0.4 is 5.43 Å². The van der Waals surface area contributed by atoms with Crippen LogP contribution in [-0.4, -0.2) is 61.9 Å². The first-order chi connectivity index (χ1) is 8.89. The Bertz CT molecular complexity index is 285. The number of rotatable bonds is 5. The molecule has 1 N–H and O–H groups in total. The van der Waals surface area contributed by atoms with E-state index in [1.165, 1.54) is 0 Å². The van der Waals surface area contributed by atoms with E-state index in [4.69, 9.17) is 4.74 Å². The number of piperazine rings is 1. The van der Waals surface area contributed by atoms with E-state index < -0.39 is 0 Å². The molecule has 2 unspecified atom stereocenters. The molecular formula is C15H31N3O. The van der Waals surface area contributed by atoms with Gasteiger partial charge < -0.3 is 9.64 Å². The van der Waals surface area contributed by atoms with Crippen LogP contribution in [0, 0.1) is 11.3 Å². The quantitative estimate of drug-likeness (QED) is 0.820. The minimum absolute atomic E-state index is 0.248. The zero-order valence-corrected chi connectivity index (χ0v) is 13.3. The van der Waals surface area contributed by atoms with E-state index in [0.717, 1.165) is 39.2 Å². The van der Waals surface area contributed by atoms with Crippen LogP contribution in [0.5, 0.6) is 0 Å². The molecule has 0 aromatic carbocycles. The van der Waals surface area contributed by atoms with Crippen molar-refractivity contribution in [2.75, 3.05) is 39.8 Å². The normalized spacial score (nSPS) is 32.5. The van der Waals surface area contributed by atoms with Crippen molar-refractivity contribution < 1.29 is 4.74 Å². The fourth-order valence-electron chi connectivity index (χ4n) is 2.85. The smallest absolute Gasteiger partial charge is 0.0657 e. The van der Waals surface area contributed by atoms with Crippen LogP contribution >= 0.6 is 0 Å². The fourth-order valence-corrected chi connectivity index (χ4v) is 2.85. The van der Waals surface area contributed by atoms with Gasteiger partial charge >= 0.3 is 0 Å². The summed E-state index contributed by atoms with van der Waals surface area (Å²) in [5, 5.41) is 2.39. The highest BCUT2D eigenvalue weighted by molar-refractivity contribution is 5.02. The zero-order valence-electron chi connectivity index (χ0n) is 13.3. The van der Waals surface area contributed by atoms with E-state index >= 15 is 0 Å². The van der Waals surface area contributed by atoms with Gasteiger partial charge in [-0.1, -0.05) is 27.7 Å². The Balaban J connectivity index is 1.74. The maximum Gasteiger partial charge on any atom is 0.0657 e. The van der Waals surface area contributed by atoms with E-state index in [9.17, 15) is 0 Å². The van der Waals surface area contributed by atoms with E-state index in [1.54, 1.807) is 0 Å². The number of nitrogens with zero attached hydrogens (tertiary/aromatic N) is 2. The fraction of sp³-hybridized carbons (Fsp3) is 1.00. The molecule has 1 saturated heterocycles. The van der Waals surface area contributed by atoms with E-state index in [2.05, 4.69) is 50.1 Å². The Morgan fingerprint density at radius 3 is 2.37 bits per heavy atom. The molecule has 0 aromatic heterocycles. The van der Waals surface area contributed by atoms with Crippen molar-refractivity contribution in [2.45, 2.75) is 46.3 Å². The van der Waals surface area contributed by atoms with E-state index in [0.29, 0.717) is 18.1 Å². The Labute approximate surface area is 118 Å². The Morgan fingerprint density at radius 2 is 1.84 bits per heavy atom. The van der Waals surface area contributed by atoms with Gasteiger partial charge in [-0.05, 0) is 19.4 Å². The standard InChI is InChI=1S/C15H31N3O/c1-12(2)11-19-14-10-13(15(14,3)4)16-18-8-6-17(5)7-9-18/h12-14,16H,6-11H2,1-5H3. The summed E-state index contributed by atoms with van der Waals surface area (Å²) in [6.07, 6.45) is 1.56. The lowest BCUT2D eigenvalue weighted by molar-refractivity contribution is -0.141. The molecule has 0 radical (unpaired) electrons. The summed E-state index contributed by atoms with van der Waals surface area (Å²) in [4.78, 5) is 2.39. The largest absolute Gasteiger partial charge is 0.377 e. The lowest BCUT2D eigenvalue weighted by atomic mass is 9.64. The molecule has 1 aliphatic heterocycles. The van der Waals surface area contributed by atoms with Gasteiger partial charge in [0, 0.05) is 44.2 Å². The van der Waals surface area contributed by atoms with Crippen molar-refractivity contribution in [3.8, 4) is 0 Å². The number of hydrazine groups is 1. The van der Waals surface area contributed by atoms with Crippen LogP contribution in [-0.2, 0) is 4.74 Å². The topological polar surface area (TPSA) is 27.7 Å². The van der Waals surface area contributed by atoms with Gasteiger partial charge in [-0.25, -0.2) is 5.01 Å². The van der Waals surface area contributed by atoms with Crippen molar-refractivity contribution in [3.05, 3.63) is 0 Å². The van der Waals surface area contributed by atoms with Crippen LogP contribution in [0.4, 0.5) is 0 Å². The Kier molecular flexibility index (Phi) is 4.88. The molecule has 2 aliphatic rings. The van der Waals surface area contributed by atoms with Gasteiger partial charge in [0.15, 0.2) is 0 Å². The van der Waals surface area contributed by atoms with Gasteiger partial charge in [0.05, 0.1) is 6.10 Å². The molecule has 4 heteroatoms. The molecule has 0 aromatic rings. The van der Waals surface area contributed by atoms with Crippen molar-refractivity contribution in [2.24, 2.45) is 11.3 Å². The third-order valence-electron chi connectivity index (χ3n) is 4.65. The summed E-state index contributed by atoms with van der Waals surface area (Å²) in [6.45, 7) is 14.5. The molecule has 0 spiro atoms. The molecular weight excluding hydrogens is 238 g/mol. The minimum Gasteiger partial charge on any atom is -0.377 e. The number of hydrogen-bond donors (Lipinski definition) is 1. The zero-order chi connectivity index (χ0) is 14.0. The Hall–Kier alpha value is -0.160.